The van der Waals surface area contributed by atoms with Crippen LogP contribution in [-0.4, -0.2) is 11.1 Å². The first-order chi connectivity index (χ1) is 12.4. The van der Waals surface area contributed by atoms with Crippen LogP contribution in [0, 0.1) is 27.7 Å². The monoisotopic (exact) mass is 366 g/mol. The number of nitrogens with zero attached hydrogens (tertiary/aromatic N) is 1. The maximum absolute atomic E-state index is 12.3. The lowest BCUT2D eigenvalue weighted by molar-refractivity contribution is -0.115. The van der Waals surface area contributed by atoms with E-state index in [1.807, 2.05) is 38.1 Å². The van der Waals surface area contributed by atoms with Gasteiger partial charge in [0.1, 0.15) is 5.76 Å². The van der Waals surface area contributed by atoms with Gasteiger partial charge in [-0.05, 0) is 69.2 Å². The second kappa shape index (κ2) is 7.79. The first-order valence-electron chi connectivity index (χ1n) is 8.49. The normalized spacial score (nSPS) is 10.8. The van der Waals surface area contributed by atoms with Gasteiger partial charge in [0.15, 0.2) is 0 Å². The summed E-state index contributed by atoms with van der Waals surface area (Å²) in [6.07, 6.45) is 0.264. The quantitative estimate of drug-likeness (QED) is 0.671. The summed E-state index contributed by atoms with van der Waals surface area (Å²) in [6.45, 7) is 7.88. The topological polar surface area (TPSA) is 55.1 Å². The van der Waals surface area contributed by atoms with Crippen LogP contribution < -0.4 is 5.32 Å². The molecular weight excluding hydrogens is 344 g/mol. The van der Waals surface area contributed by atoms with Crippen molar-refractivity contribution < 1.29 is 9.32 Å². The average Bonchev–Trinajstić information content (AvgIpc) is 2.92. The third kappa shape index (κ3) is 4.35. The molecule has 1 N–H and O–H groups in total. The number of rotatable bonds is 5. The number of carbonyl (C=O) groups is 1. The molecule has 1 amide bonds. The largest absolute Gasteiger partial charge is 0.361 e. The molecule has 2 aromatic carbocycles. The molecule has 0 radical (unpaired) electrons. The van der Waals surface area contributed by atoms with Crippen LogP contribution in [0.3, 0.4) is 0 Å². The van der Waals surface area contributed by atoms with Gasteiger partial charge >= 0.3 is 0 Å². The summed E-state index contributed by atoms with van der Waals surface area (Å²) in [4.78, 5) is 14.6. The van der Waals surface area contributed by atoms with Crippen LogP contribution in [0.4, 0.5) is 5.69 Å². The van der Waals surface area contributed by atoms with Gasteiger partial charge in [0.2, 0.25) is 5.91 Å². The Bertz CT molecular complexity index is 910. The third-order valence-electron chi connectivity index (χ3n) is 4.23. The number of nitrogens with one attached hydrogen (secondary N) is 1. The van der Waals surface area contributed by atoms with E-state index >= 15 is 0 Å². The van der Waals surface area contributed by atoms with Crippen molar-refractivity contribution in [2.75, 3.05) is 5.32 Å². The molecule has 3 rings (SSSR count). The molecule has 0 saturated carbocycles. The van der Waals surface area contributed by atoms with Crippen LogP contribution >= 0.6 is 11.8 Å². The van der Waals surface area contributed by atoms with Crippen LogP contribution in [0.25, 0.3) is 0 Å². The Morgan fingerprint density at radius 3 is 2.46 bits per heavy atom. The summed E-state index contributed by atoms with van der Waals surface area (Å²) in [6, 6.07) is 14.4. The predicted molar refractivity (Wildman–Crippen MR) is 105 cm³/mol. The molecule has 0 atom stereocenters. The Hall–Kier alpha value is -2.53. The van der Waals surface area contributed by atoms with E-state index in [0.717, 1.165) is 21.8 Å². The molecule has 0 aliphatic heterocycles. The molecule has 1 aromatic heterocycles. The van der Waals surface area contributed by atoms with E-state index < -0.39 is 0 Å². The van der Waals surface area contributed by atoms with Crippen LogP contribution in [0.1, 0.15) is 28.1 Å². The van der Waals surface area contributed by atoms with Gasteiger partial charge in [-0.1, -0.05) is 29.1 Å². The predicted octanol–water partition coefficient (Wildman–Crippen LogP) is 5.24. The van der Waals surface area contributed by atoms with E-state index in [1.54, 1.807) is 11.8 Å². The fourth-order valence-corrected chi connectivity index (χ4v) is 3.67. The lowest BCUT2D eigenvalue weighted by atomic mass is 10.1. The van der Waals surface area contributed by atoms with E-state index in [0.29, 0.717) is 5.76 Å². The maximum atomic E-state index is 12.3. The zero-order chi connectivity index (χ0) is 18.7. The number of aromatic nitrogens is 1. The van der Waals surface area contributed by atoms with Crippen molar-refractivity contribution in [3.05, 3.63) is 70.6 Å². The Kier molecular flexibility index (Phi) is 5.47. The molecule has 3 aromatic rings. The Morgan fingerprint density at radius 1 is 1.08 bits per heavy atom. The zero-order valence-corrected chi connectivity index (χ0v) is 16.2. The lowest BCUT2D eigenvalue weighted by Gasteiger charge is -2.09. The highest BCUT2D eigenvalue weighted by atomic mass is 32.2. The molecule has 4 nitrogen and oxygen atoms in total. The summed E-state index contributed by atoms with van der Waals surface area (Å²) >= 11 is 1.73. The number of hydrogen-bond donors (Lipinski definition) is 1. The van der Waals surface area contributed by atoms with Gasteiger partial charge < -0.3 is 9.84 Å². The minimum absolute atomic E-state index is 0.0747. The van der Waals surface area contributed by atoms with E-state index in [2.05, 4.69) is 42.5 Å². The Morgan fingerprint density at radius 2 is 1.81 bits per heavy atom. The van der Waals surface area contributed by atoms with Crippen molar-refractivity contribution >= 4 is 23.4 Å². The fraction of sp³-hybridized carbons (Fsp3) is 0.238. The van der Waals surface area contributed by atoms with Crippen LogP contribution in [0.5, 0.6) is 0 Å². The van der Waals surface area contributed by atoms with Crippen molar-refractivity contribution in [2.45, 2.75) is 43.9 Å². The second-order valence-corrected chi connectivity index (χ2v) is 7.54. The van der Waals surface area contributed by atoms with Crippen molar-refractivity contribution in [1.82, 2.24) is 5.16 Å². The highest BCUT2D eigenvalue weighted by Gasteiger charge is 2.13. The van der Waals surface area contributed by atoms with Gasteiger partial charge in [0, 0.05) is 21.0 Å². The molecule has 1 heterocycles. The van der Waals surface area contributed by atoms with E-state index in [4.69, 9.17) is 4.52 Å². The molecule has 0 saturated heterocycles. The van der Waals surface area contributed by atoms with E-state index in [9.17, 15) is 4.79 Å². The smallest absolute Gasteiger partial charge is 0.228 e. The van der Waals surface area contributed by atoms with Crippen LogP contribution in [-0.2, 0) is 11.2 Å². The highest BCUT2D eigenvalue weighted by molar-refractivity contribution is 7.99. The molecule has 0 aliphatic carbocycles. The van der Waals surface area contributed by atoms with Crippen LogP contribution in [0.15, 0.2) is 56.8 Å². The van der Waals surface area contributed by atoms with Crippen molar-refractivity contribution in [3.8, 4) is 0 Å². The van der Waals surface area contributed by atoms with Gasteiger partial charge in [-0.3, -0.25) is 4.79 Å². The van der Waals surface area contributed by atoms with Gasteiger partial charge in [0.25, 0.3) is 0 Å². The van der Waals surface area contributed by atoms with Crippen molar-refractivity contribution in [2.24, 2.45) is 0 Å². The van der Waals surface area contributed by atoms with Crippen molar-refractivity contribution in [1.29, 1.82) is 0 Å². The molecule has 0 aliphatic rings. The maximum Gasteiger partial charge on any atom is 0.228 e. The fourth-order valence-electron chi connectivity index (χ4n) is 2.67. The van der Waals surface area contributed by atoms with Gasteiger partial charge in [-0.15, -0.1) is 0 Å². The Labute approximate surface area is 158 Å². The molecule has 26 heavy (non-hydrogen) atoms. The molecule has 0 bridgehead atoms. The minimum atomic E-state index is -0.0747. The van der Waals surface area contributed by atoms with Gasteiger partial charge in [-0.25, -0.2) is 0 Å². The molecule has 134 valence electrons. The summed E-state index contributed by atoms with van der Waals surface area (Å²) in [7, 11) is 0. The zero-order valence-electron chi connectivity index (χ0n) is 15.4. The van der Waals surface area contributed by atoms with Gasteiger partial charge in [0.05, 0.1) is 12.1 Å². The SMILES string of the molecule is Cc1ccc(C)c(Sc2ccc(NC(=O)Cc3c(C)noc3C)cc2)c1. The minimum Gasteiger partial charge on any atom is -0.361 e. The molecular formula is C21H22N2O2S. The standard InChI is InChI=1S/C21H22N2O2S/c1-13-5-6-14(2)20(11-13)26-18-9-7-17(8-10-18)22-21(24)12-19-15(3)23-25-16(19)4/h5-11H,12H2,1-4H3,(H,22,24). The number of amides is 1. The first kappa shape index (κ1) is 18.3. The van der Waals surface area contributed by atoms with Gasteiger partial charge in [-0.2, -0.15) is 0 Å². The summed E-state index contributed by atoms with van der Waals surface area (Å²) < 4.78 is 5.10. The highest BCUT2D eigenvalue weighted by Crippen LogP contribution is 2.31. The average molecular weight is 366 g/mol. The molecule has 0 spiro atoms. The lowest BCUT2D eigenvalue weighted by Crippen LogP contribution is -2.15. The number of carbonyl (C=O) groups excluding carboxylic acids is 1. The molecule has 5 heteroatoms. The third-order valence-corrected chi connectivity index (χ3v) is 5.40. The molecule has 0 fully saturated rings. The number of benzene rings is 2. The number of aryl methyl sites for hydroxylation is 4. The number of hydrogen-bond acceptors (Lipinski definition) is 4. The summed E-state index contributed by atoms with van der Waals surface area (Å²) in [5.41, 5.74) is 4.91. The summed E-state index contributed by atoms with van der Waals surface area (Å²) in [5, 5.41) is 6.81. The molecule has 0 unspecified atom stereocenters. The first-order valence-corrected chi connectivity index (χ1v) is 9.31. The summed E-state index contributed by atoms with van der Waals surface area (Å²) in [5.74, 6) is 0.618. The second-order valence-electron chi connectivity index (χ2n) is 6.42. The Balaban J connectivity index is 1.64. The van der Waals surface area contributed by atoms with Crippen LogP contribution in [0.2, 0.25) is 0 Å². The van der Waals surface area contributed by atoms with Crippen molar-refractivity contribution in [3.63, 3.8) is 0 Å². The number of anilines is 1. The van der Waals surface area contributed by atoms with E-state index in [-0.39, 0.29) is 12.3 Å². The van der Waals surface area contributed by atoms with E-state index in [1.165, 1.54) is 16.0 Å².